The molecular weight excluding hydrogens is 178 g/mol. The lowest BCUT2D eigenvalue weighted by molar-refractivity contribution is 0.0697. The monoisotopic (exact) mass is 193 g/mol. The molecule has 0 fully saturated rings. The van der Waals surface area contributed by atoms with Crippen molar-refractivity contribution in [3.8, 4) is 0 Å². The van der Waals surface area contributed by atoms with E-state index in [2.05, 4.69) is 0 Å². The van der Waals surface area contributed by atoms with E-state index in [1.165, 1.54) is 0 Å². The largest absolute Gasteiger partial charge is 0.478 e. The molecule has 0 unspecified atom stereocenters. The lowest BCUT2D eigenvalue weighted by Crippen LogP contribution is -2.12. The normalized spacial score (nSPS) is 10.0. The molecule has 1 aromatic carbocycles. The zero-order valence-electron chi connectivity index (χ0n) is 8.96. The van der Waals surface area contributed by atoms with Gasteiger partial charge in [-0.2, -0.15) is 0 Å². The van der Waals surface area contributed by atoms with Gasteiger partial charge in [0.25, 0.3) is 0 Å². The molecule has 0 saturated carbocycles. The smallest absolute Gasteiger partial charge is 0.335 e. The minimum Gasteiger partial charge on any atom is -0.478 e. The molecule has 0 aromatic heterocycles. The molecule has 1 aromatic rings. The van der Waals surface area contributed by atoms with Crippen LogP contribution in [0.5, 0.6) is 0 Å². The van der Waals surface area contributed by atoms with E-state index in [1.807, 2.05) is 32.8 Å². The van der Waals surface area contributed by atoms with Gasteiger partial charge in [-0.15, -0.1) is 0 Å². The molecule has 0 aliphatic heterocycles. The molecule has 0 bridgehead atoms. The molecule has 76 valence electrons. The van der Waals surface area contributed by atoms with Crippen molar-refractivity contribution in [1.82, 2.24) is 0 Å². The second kappa shape index (κ2) is 3.70. The number of carbonyl (C=O) groups is 1. The molecule has 0 atom stereocenters. The predicted molar refractivity (Wildman–Crippen MR) is 57.2 cm³/mol. The van der Waals surface area contributed by atoms with Crippen LogP contribution in [0.3, 0.4) is 0 Å². The zero-order valence-corrected chi connectivity index (χ0v) is 8.96. The summed E-state index contributed by atoms with van der Waals surface area (Å²) in [7, 11) is 3.82. The van der Waals surface area contributed by atoms with E-state index >= 15 is 0 Å². The van der Waals surface area contributed by atoms with Crippen LogP contribution in [0.15, 0.2) is 12.1 Å². The Labute approximate surface area is 84.0 Å². The van der Waals surface area contributed by atoms with Crippen LogP contribution in [-0.2, 0) is 0 Å². The van der Waals surface area contributed by atoms with Gasteiger partial charge in [0, 0.05) is 19.8 Å². The highest BCUT2D eigenvalue weighted by atomic mass is 16.4. The molecule has 0 saturated heterocycles. The van der Waals surface area contributed by atoms with E-state index in [4.69, 9.17) is 5.11 Å². The van der Waals surface area contributed by atoms with E-state index in [0.717, 1.165) is 16.8 Å². The van der Waals surface area contributed by atoms with Crippen LogP contribution in [0.25, 0.3) is 0 Å². The fourth-order valence-corrected chi connectivity index (χ4v) is 1.43. The third kappa shape index (κ3) is 1.87. The van der Waals surface area contributed by atoms with Gasteiger partial charge in [0.2, 0.25) is 0 Å². The Morgan fingerprint density at radius 3 is 2.29 bits per heavy atom. The summed E-state index contributed by atoms with van der Waals surface area (Å²) in [6.45, 7) is 3.92. The van der Waals surface area contributed by atoms with Crippen molar-refractivity contribution < 1.29 is 9.90 Å². The van der Waals surface area contributed by atoms with Gasteiger partial charge in [0.15, 0.2) is 0 Å². The van der Waals surface area contributed by atoms with Crippen LogP contribution in [0, 0.1) is 13.8 Å². The second-order valence-corrected chi connectivity index (χ2v) is 3.64. The van der Waals surface area contributed by atoms with Crippen LogP contribution >= 0.6 is 0 Å². The van der Waals surface area contributed by atoms with Gasteiger partial charge in [-0.3, -0.25) is 0 Å². The molecular formula is C11H15NO2. The van der Waals surface area contributed by atoms with Crippen molar-refractivity contribution in [2.24, 2.45) is 0 Å². The molecule has 0 spiro atoms. The van der Waals surface area contributed by atoms with Gasteiger partial charge in [-0.1, -0.05) is 0 Å². The molecule has 0 aliphatic rings. The first-order valence-corrected chi connectivity index (χ1v) is 4.45. The molecule has 3 heteroatoms. The van der Waals surface area contributed by atoms with Crippen LogP contribution in [0.4, 0.5) is 5.69 Å². The predicted octanol–water partition coefficient (Wildman–Crippen LogP) is 2.07. The first-order valence-electron chi connectivity index (χ1n) is 4.45. The van der Waals surface area contributed by atoms with Crippen molar-refractivity contribution in [2.45, 2.75) is 13.8 Å². The topological polar surface area (TPSA) is 40.5 Å². The number of nitrogens with zero attached hydrogens (tertiary/aromatic N) is 1. The van der Waals surface area contributed by atoms with Gasteiger partial charge in [0.05, 0.1) is 5.56 Å². The molecule has 0 heterocycles. The highest BCUT2D eigenvalue weighted by Crippen LogP contribution is 2.23. The first kappa shape index (κ1) is 10.6. The van der Waals surface area contributed by atoms with Crippen molar-refractivity contribution in [2.75, 3.05) is 19.0 Å². The van der Waals surface area contributed by atoms with E-state index in [0.29, 0.717) is 5.56 Å². The third-order valence-electron chi connectivity index (χ3n) is 2.37. The summed E-state index contributed by atoms with van der Waals surface area (Å²) in [5, 5.41) is 8.89. The summed E-state index contributed by atoms with van der Waals surface area (Å²) >= 11 is 0. The highest BCUT2D eigenvalue weighted by molar-refractivity contribution is 5.89. The van der Waals surface area contributed by atoms with E-state index in [9.17, 15) is 4.79 Å². The summed E-state index contributed by atoms with van der Waals surface area (Å²) in [6, 6.07) is 3.40. The summed E-state index contributed by atoms with van der Waals surface area (Å²) in [5.74, 6) is -0.879. The molecule has 1 rings (SSSR count). The number of carboxylic acid groups (broad SMARTS) is 1. The summed E-state index contributed by atoms with van der Waals surface area (Å²) in [5.41, 5.74) is 3.44. The highest BCUT2D eigenvalue weighted by Gasteiger charge is 2.10. The maximum Gasteiger partial charge on any atom is 0.335 e. The van der Waals surface area contributed by atoms with Gasteiger partial charge in [-0.05, 0) is 37.1 Å². The number of anilines is 1. The van der Waals surface area contributed by atoms with E-state index < -0.39 is 5.97 Å². The SMILES string of the molecule is Cc1cc(C(=O)O)cc(N(C)C)c1C. The Balaban J connectivity index is 3.35. The number of benzene rings is 1. The summed E-state index contributed by atoms with van der Waals surface area (Å²) < 4.78 is 0. The van der Waals surface area contributed by atoms with Crippen molar-refractivity contribution in [1.29, 1.82) is 0 Å². The Morgan fingerprint density at radius 2 is 1.86 bits per heavy atom. The average Bonchev–Trinajstić information content (AvgIpc) is 2.08. The molecule has 3 nitrogen and oxygen atoms in total. The van der Waals surface area contributed by atoms with E-state index in [1.54, 1.807) is 12.1 Å². The Morgan fingerprint density at radius 1 is 1.29 bits per heavy atom. The molecule has 1 N–H and O–H groups in total. The number of hydrogen-bond acceptors (Lipinski definition) is 2. The summed E-state index contributed by atoms with van der Waals surface area (Å²) in [6.07, 6.45) is 0. The van der Waals surface area contributed by atoms with Crippen molar-refractivity contribution >= 4 is 11.7 Å². The standard InChI is InChI=1S/C11H15NO2/c1-7-5-9(11(13)14)6-10(8(7)2)12(3)4/h5-6H,1-4H3,(H,13,14). The Kier molecular flexibility index (Phi) is 2.79. The van der Waals surface area contributed by atoms with Gasteiger partial charge < -0.3 is 10.0 Å². The zero-order chi connectivity index (χ0) is 10.9. The lowest BCUT2D eigenvalue weighted by Gasteiger charge is -2.17. The molecule has 0 amide bonds. The number of rotatable bonds is 2. The average molecular weight is 193 g/mol. The third-order valence-corrected chi connectivity index (χ3v) is 2.37. The number of carboxylic acids is 1. The van der Waals surface area contributed by atoms with Crippen LogP contribution in [0.2, 0.25) is 0 Å². The van der Waals surface area contributed by atoms with Crippen LogP contribution < -0.4 is 4.90 Å². The maximum atomic E-state index is 10.8. The van der Waals surface area contributed by atoms with Gasteiger partial charge in [-0.25, -0.2) is 4.79 Å². The van der Waals surface area contributed by atoms with Crippen molar-refractivity contribution in [3.63, 3.8) is 0 Å². The van der Waals surface area contributed by atoms with Crippen LogP contribution in [-0.4, -0.2) is 25.2 Å². The summed E-state index contributed by atoms with van der Waals surface area (Å²) in [4.78, 5) is 12.7. The fraction of sp³-hybridized carbons (Fsp3) is 0.364. The number of aryl methyl sites for hydroxylation is 1. The number of hydrogen-bond donors (Lipinski definition) is 1. The molecule has 0 radical (unpaired) electrons. The fourth-order valence-electron chi connectivity index (χ4n) is 1.43. The minimum absolute atomic E-state index is 0.344. The number of aromatic carboxylic acids is 1. The molecule has 14 heavy (non-hydrogen) atoms. The lowest BCUT2D eigenvalue weighted by atomic mass is 10.0. The van der Waals surface area contributed by atoms with E-state index in [-0.39, 0.29) is 0 Å². The minimum atomic E-state index is -0.879. The van der Waals surface area contributed by atoms with Crippen LogP contribution in [0.1, 0.15) is 21.5 Å². The Bertz CT molecular complexity index is 370. The van der Waals surface area contributed by atoms with Gasteiger partial charge >= 0.3 is 5.97 Å². The maximum absolute atomic E-state index is 10.8. The quantitative estimate of drug-likeness (QED) is 0.781. The van der Waals surface area contributed by atoms with Gasteiger partial charge in [0.1, 0.15) is 0 Å². The molecule has 0 aliphatic carbocycles. The second-order valence-electron chi connectivity index (χ2n) is 3.64. The van der Waals surface area contributed by atoms with Crippen molar-refractivity contribution in [3.05, 3.63) is 28.8 Å². The Hall–Kier alpha value is -1.51. The first-order chi connectivity index (χ1) is 6.43.